The molecule has 1 amide bonds. The zero-order valence-corrected chi connectivity index (χ0v) is 14.0. The van der Waals surface area contributed by atoms with E-state index in [-0.39, 0.29) is 31.0 Å². The van der Waals surface area contributed by atoms with E-state index in [1.54, 1.807) is 0 Å². The summed E-state index contributed by atoms with van der Waals surface area (Å²) in [6, 6.07) is 5.78. The molecule has 0 bridgehead atoms. The number of hydrogen-bond donors (Lipinski definition) is 4. The molecule has 0 heterocycles. The van der Waals surface area contributed by atoms with Crippen molar-refractivity contribution in [2.45, 2.75) is 30.8 Å². The van der Waals surface area contributed by atoms with Crippen molar-refractivity contribution in [3.05, 3.63) is 24.3 Å². The fourth-order valence-electron chi connectivity index (χ4n) is 1.96. The summed E-state index contributed by atoms with van der Waals surface area (Å²) in [5.74, 6) is 0. The van der Waals surface area contributed by atoms with Gasteiger partial charge in [-0.3, -0.25) is 0 Å². The quantitative estimate of drug-likeness (QED) is 0.405. The maximum atomic E-state index is 12.7. The minimum Gasteiger partial charge on any atom is -0.465 e. The van der Waals surface area contributed by atoms with Gasteiger partial charge in [0.25, 0.3) is 0 Å². The second-order valence-corrected chi connectivity index (χ2v) is 7.74. The van der Waals surface area contributed by atoms with E-state index in [2.05, 4.69) is 5.32 Å². The predicted octanol–water partition coefficient (Wildman–Crippen LogP) is 0.688. The van der Waals surface area contributed by atoms with Crippen molar-refractivity contribution in [2.24, 2.45) is 0 Å². The second-order valence-electron chi connectivity index (χ2n) is 5.81. The lowest BCUT2D eigenvalue weighted by Crippen LogP contribution is -2.43. The lowest BCUT2D eigenvalue weighted by atomic mass is 10.1. The summed E-state index contributed by atoms with van der Waals surface area (Å²) in [6.07, 6.45) is -0.878. The molecule has 130 valence electrons. The van der Waals surface area contributed by atoms with E-state index in [1.165, 1.54) is 38.1 Å². The van der Waals surface area contributed by atoms with Crippen LogP contribution < -0.4 is 11.1 Å². The summed E-state index contributed by atoms with van der Waals surface area (Å²) in [6.45, 7) is 3.11. The SMILES string of the molecule is CC(C)(O)CN(CCCNC(=O)O)S(=O)(=O)c1ccc(N)cc1. The molecule has 0 aromatic heterocycles. The lowest BCUT2D eigenvalue weighted by Gasteiger charge is -2.28. The van der Waals surface area contributed by atoms with Gasteiger partial charge in [-0.15, -0.1) is 0 Å². The van der Waals surface area contributed by atoms with Crippen molar-refractivity contribution < 1.29 is 23.4 Å². The molecule has 8 nitrogen and oxygen atoms in total. The Bertz CT molecular complexity index is 623. The van der Waals surface area contributed by atoms with Gasteiger partial charge in [0.15, 0.2) is 0 Å². The highest BCUT2D eigenvalue weighted by atomic mass is 32.2. The Hall–Kier alpha value is -1.84. The van der Waals surface area contributed by atoms with Crippen molar-refractivity contribution >= 4 is 21.8 Å². The highest BCUT2D eigenvalue weighted by Crippen LogP contribution is 2.19. The zero-order chi connectivity index (χ0) is 17.7. The van der Waals surface area contributed by atoms with E-state index in [4.69, 9.17) is 10.8 Å². The summed E-state index contributed by atoms with van der Waals surface area (Å²) in [7, 11) is -3.81. The molecule has 1 rings (SSSR count). The number of nitrogen functional groups attached to an aromatic ring is 1. The molecule has 0 spiro atoms. The number of nitrogens with two attached hydrogens (primary N) is 1. The second kappa shape index (κ2) is 7.62. The highest BCUT2D eigenvalue weighted by molar-refractivity contribution is 7.89. The normalized spacial score (nSPS) is 12.3. The lowest BCUT2D eigenvalue weighted by molar-refractivity contribution is 0.0589. The van der Waals surface area contributed by atoms with Crippen LogP contribution in [-0.4, -0.2) is 54.3 Å². The number of hydrogen-bond acceptors (Lipinski definition) is 5. The Morgan fingerprint density at radius 2 is 1.87 bits per heavy atom. The standard InChI is InChI=1S/C14H23N3O5S/c1-14(2,20)10-17(9-3-8-16-13(18)19)23(21,22)12-6-4-11(15)5-7-12/h4-7,16,20H,3,8-10,15H2,1-2H3,(H,18,19). The maximum absolute atomic E-state index is 12.7. The van der Waals surface area contributed by atoms with Gasteiger partial charge in [-0.25, -0.2) is 13.2 Å². The summed E-state index contributed by atoms with van der Waals surface area (Å²) in [5, 5.41) is 20.7. The Kier molecular flexibility index (Phi) is 6.37. The molecule has 0 atom stereocenters. The molecule has 0 fully saturated rings. The van der Waals surface area contributed by atoms with E-state index in [0.29, 0.717) is 5.69 Å². The van der Waals surface area contributed by atoms with E-state index in [9.17, 15) is 18.3 Å². The summed E-state index contributed by atoms with van der Waals surface area (Å²) in [4.78, 5) is 10.5. The molecule has 0 unspecified atom stereocenters. The molecule has 0 aliphatic carbocycles. The third kappa shape index (κ3) is 6.43. The first kappa shape index (κ1) is 19.2. The number of carboxylic acid groups (broad SMARTS) is 1. The fraction of sp³-hybridized carbons (Fsp3) is 0.500. The maximum Gasteiger partial charge on any atom is 0.404 e. The number of benzene rings is 1. The molecule has 1 aromatic rings. The van der Waals surface area contributed by atoms with Crippen molar-refractivity contribution in [3.8, 4) is 0 Å². The summed E-state index contributed by atoms with van der Waals surface area (Å²) < 4.78 is 26.5. The van der Waals surface area contributed by atoms with Gasteiger partial charge in [0.1, 0.15) is 0 Å². The number of rotatable bonds is 8. The average molecular weight is 345 g/mol. The van der Waals surface area contributed by atoms with Gasteiger partial charge in [0.05, 0.1) is 10.5 Å². The van der Waals surface area contributed by atoms with Crippen LogP contribution in [0.5, 0.6) is 0 Å². The Morgan fingerprint density at radius 3 is 2.35 bits per heavy atom. The van der Waals surface area contributed by atoms with Crippen LogP contribution in [-0.2, 0) is 10.0 Å². The third-order valence-electron chi connectivity index (χ3n) is 2.94. The molecular formula is C14H23N3O5S. The fourth-order valence-corrected chi connectivity index (χ4v) is 3.59. The number of carbonyl (C=O) groups is 1. The minimum atomic E-state index is -3.81. The summed E-state index contributed by atoms with van der Waals surface area (Å²) >= 11 is 0. The first-order chi connectivity index (χ1) is 10.5. The van der Waals surface area contributed by atoms with Gasteiger partial charge in [-0.05, 0) is 44.5 Å². The van der Waals surface area contributed by atoms with Crippen LogP contribution in [0.4, 0.5) is 10.5 Å². The average Bonchev–Trinajstić information content (AvgIpc) is 2.41. The molecule has 1 aromatic carbocycles. The first-order valence-corrected chi connectivity index (χ1v) is 8.51. The molecule has 0 aliphatic rings. The van der Waals surface area contributed by atoms with Gasteiger partial charge in [-0.1, -0.05) is 0 Å². The Morgan fingerprint density at radius 1 is 1.30 bits per heavy atom. The van der Waals surface area contributed by atoms with E-state index in [0.717, 1.165) is 4.31 Å². The van der Waals surface area contributed by atoms with Crippen LogP contribution >= 0.6 is 0 Å². The van der Waals surface area contributed by atoms with Crippen LogP contribution in [0.25, 0.3) is 0 Å². The van der Waals surface area contributed by atoms with Crippen LogP contribution in [0, 0.1) is 0 Å². The molecular weight excluding hydrogens is 322 g/mol. The van der Waals surface area contributed by atoms with E-state index < -0.39 is 21.7 Å². The van der Waals surface area contributed by atoms with Crippen molar-refractivity contribution in [1.82, 2.24) is 9.62 Å². The number of nitrogens with one attached hydrogen (secondary N) is 1. The topological polar surface area (TPSA) is 133 Å². The number of sulfonamides is 1. The largest absolute Gasteiger partial charge is 0.465 e. The number of amides is 1. The number of aliphatic hydroxyl groups is 1. The van der Waals surface area contributed by atoms with Crippen molar-refractivity contribution in [2.75, 3.05) is 25.4 Å². The van der Waals surface area contributed by atoms with Crippen LogP contribution in [0.2, 0.25) is 0 Å². The third-order valence-corrected chi connectivity index (χ3v) is 4.80. The highest BCUT2D eigenvalue weighted by Gasteiger charge is 2.29. The van der Waals surface area contributed by atoms with Crippen molar-refractivity contribution in [3.63, 3.8) is 0 Å². The van der Waals surface area contributed by atoms with Gasteiger partial charge < -0.3 is 21.3 Å². The molecule has 0 radical (unpaired) electrons. The van der Waals surface area contributed by atoms with Crippen LogP contribution in [0.15, 0.2) is 29.2 Å². The molecule has 9 heteroatoms. The Balaban J connectivity index is 2.92. The van der Waals surface area contributed by atoms with Gasteiger partial charge in [0, 0.05) is 25.3 Å². The smallest absolute Gasteiger partial charge is 0.404 e. The molecule has 0 saturated carbocycles. The molecule has 5 N–H and O–H groups in total. The number of nitrogens with zero attached hydrogens (tertiary/aromatic N) is 1. The predicted molar refractivity (Wildman–Crippen MR) is 86.6 cm³/mol. The van der Waals surface area contributed by atoms with Crippen molar-refractivity contribution in [1.29, 1.82) is 0 Å². The molecule has 0 aliphatic heterocycles. The van der Waals surface area contributed by atoms with Gasteiger partial charge in [0.2, 0.25) is 10.0 Å². The Labute approximate surface area is 136 Å². The van der Waals surface area contributed by atoms with Crippen LogP contribution in [0.1, 0.15) is 20.3 Å². The number of anilines is 1. The van der Waals surface area contributed by atoms with Crippen LogP contribution in [0.3, 0.4) is 0 Å². The zero-order valence-electron chi connectivity index (χ0n) is 13.2. The van der Waals surface area contributed by atoms with Gasteiger partial charge in [-0.2, -0.15) is 4.31 Å². The molecule has 23 heavy (non-hydrogen) atoms. The monoisotopic (exact) mass is 345 g/mol. The van der Waals surface area contributed by atoms with Gasteiger partial charge >= 0.3 is 6.09 Å². The van der Waals surface area contributed by atoms with E-state index >= 15 is 0 Å². The van der Waals surface area contributed by atoms with E-state index in [1.807, 2.05) is 0 Å². The first-order valence-electron chi connectivity index (χ1n) is 7.07. The molecule has 0 saturated heterocycles. The summed E-state index contributed by atoms with van der Waals surface area (Å²) in [5.41, 5.74) is 4.79. The minimum absolute atomic E-state index is 0.0714.